The van der Waals surface area contributed by atoms with Crippen molar-refractivity contribution in [2.45, 2.75) is 31.8 Å². The summed E-state index contributed by atoms with van der Waals surface area (Å²) in [4.78, 5) is 0. The molecule has 2 atom stereocenters. The monoisotopic (exact) mass is 252 g/mol. The highest BCUT2D eigenvalue weighted by atomic mass is 31.2. The Bertz CT molecular complexity index is 396. The zero-order valence-corrected chi connectivity index (χ0v) is 11.3. The first-order valence-electron chi connectivity index (χ1n) is 6.40. The molecule has 1 aromatic carbocycles. The lowest BCUT2D eigenvalue weighted by Gasteiger charge is -2.22. The second-order valence-electron chi connectivity index (χ2n) is 5.23. The van der Waals surface area contributed by atoms with E-state index in [0.717, 1.165) is 18.1 Å². The molecule has 0 heterocycles. The van der Waals surface area contributed by atoms with E-state index in [2.05, 4.69) is 0 Å². The Labute approximate surface area is 103 Å². The predicted octanol–water partition coefficient (Wildman–Crippen LogP) is 2.86. The molecule has 94 valence electrons. The molecule has 0 spiro atoms. The van der Waals surface area contributed by atoms with E-state index in [4.69, 9.17) is 0 Å². The Kier molecular flexibility index (Phi) is 4.06. The van der Waals surface area contributed by atoms with Gasteiger partial charge in [0.25, 0.3) is 0 Å². The summed E-state index contributed by atoms with van der Waals surface area (Å²) in [5.74, 6) is 0.368. The molecule has 1 aliphatic carbocycles. The fourth-order valence-corrected chi connectivity index (χ4v) is 4.72. The lowest BCUT2D eigenvalue weighted by molar-refractivity contribution is 0.131. The first-order chi connectivity index (χ1) is 8.09. The number of rotatable bonds is 4. The van der Waals surface area contributed by atoms with Crippen LogP contribution in [0.25, 0.3) is 0 Å². The molecular weight excluding hydrogens is 231 g/mol. The van der Waals surface area contributed by atoms with Crippen molar-refractivity contribution >= 4 is 12.4 Å². The van der Waals surface area contributed by atoms with Crippen molar-refractivity contribution in [3.63, 3.8) is 0 Å². The van der Waals surface area contributed by atoms with Gasteiger partial charge in [0.05, 0.1) is 6.10 Å². The molecule has 1 fully saturated rings. The van der Waals surface area contributed by atoms with Gasteiger partial charge in [0, 0.05) is 11.5 Å². The molecule has 3 heteroatoms. The van der Waals surface area contributed by atoms with Crippen molar-refractivity contribution in [2.24, 2.45) is 5.92 Å². The quantitative estimate of drug-likeness (QED) is 0.837. The van der Waals surface area contributed by atoms with Crippen molar-refractivity contribution in [3.8, 4) is 0 Å². The van der Waals surface area contributed by atoms with Gasteiger partial charge in [-0.15, -0.1) is 0 Å². The summed E-state index contributed by atoms with van der Waals surface area (Å²) in [5.41, 5.74) is 0. The number of hydrogen-bond donors (Lipinski definition) is 1. The zero-order valence-electron chi connectivity index (χ0n) is 10.4. The van der Waals surface area contributed by atoms with Crippen LogP contribution < -0.4 is 5.30 Å². The molecular formula is C14H21O2P. The van der Waals surface area contributed by atoms with Crippen LogP contribution in [0.5, 0.6) is 0 Å². The normalized spacial score (nSPS) is 22.2. The van der Waals surface area contributed by atoms with Gasteiger partial charge >= 0.3 is 0 Å². The first-order valence-corrected chi connectivity index (χ1v) is 8.74. The molecule has 0 saturated heterocycles. The Morgan fingerprint density at radius 1 is 1.29 bits per heavy atom. The third-order valence-electron chi connectivity index (χ3n) is 3.78. The maximum atomic E-state index is 12.6. The van der Waals surface area contributed by atoms with Crippen LogP contribution in [0.2, 0.25) is 0 Å². The molecule has 1 N–H and O–H groups in total. The molecule has 0 amide bonds. The fourth-order valence-electron chi connectivity index (χ4n) is 2.70. The van der Waals surface area contributed by atoms with E-state index in [9.17, 15) is 9.67 Å². The van der Waals surface area contributed by atoms with Crippen LogP contribution in [0.1, 0.15) is 25.7 Å². The van der Waals surface area contributed by atoms with Crippen LogP contribution in [-0.2, 0) is 4.57 Å². The minimum absolute atomic E-state index is 0.368. The molecule has 1 unspecified atom stereocenters. The predicted molar refractivity (Wildman–Crippen MR) is 72.4 cm³/mol. The SMILES string of the molecule is CP(=O)(C[C@@H](O)C1CCCC1)c1ccccc1. The molecule has 0 aliphatic heterocycles. The van der Waals surface area contributed by atoms with Crippen molar-refractivity contribution < 1.29 is 9.67 Å². The average Bonchev–Trinajstić information content (AvgIpc) is 2.83. The summed E-state index contributed by atoms with van der Waals surface area (Å²) in [5, 5.41) is 11.1. The summed E-state index contributed by atoms with van der Waals surface area (Å²) in [7, 11) is -2.40. The molecule has 17 heavy (non-hydrogen) atoms. The standard InChI is InChI=1S/C14H21O2P/c1-17(16,13-9-3-2-4-10-13)11-14(15)12-7-5-6-8-12/h2-4,9-10,12,14-15H,5-8,11H2,1H3/t14-,17?/m1/s1. The highest BCUT2D eigenvalue weighted by molar-refractivity contribution is 7.70. The molecule has 2 nitrogen and oxygen atoms in total. The molecule has 2 rings (SSSR count). The smallest absolute Gasteiger partial charge is 0.115 e. The summed E-state index contributed by atoms with van der Waals surface area (Å²) in [6.45, 7) is 1.79. The largest absolute Gasteiger partial charge is 0.392 e. The summed E-state index contributed by atoms with van der Waals surface area (Å²) in [6.07, 6.45) is 4.64. The molecule has 0 aromatic heterocycles. The lowest BCUT2D eigenvalue weighted by Crippen LogP contribution is -2.24. The molecule has 1 saturated carbocycles. The third-order valence-corrected chi connectivity index (χ3v) is 6.24. The highest BCUT2D eigenvalue weighted by Gasteiger charge is 2.29. The molecule has 1 aromatic rings. The maximum absolute atomic E-state index is 12.6. The number of benzene rings is 1. The fraction of sp³-hybridized carbons (Fsp3) is 0.571. The third kappa shape index (κ3) is 3.20. The van der Waals surface area contributed by atoms with Gasteiger partial charge in [0.15, 0.2) is 0 Å². The number of hydrogen-bond acceptors (Lipinski definition) is 2. The Hall–Kier alpha value is -0.590. The van der Waals surface area contributed by atoms with E-state index in [1.54, 1.807) is 6.66 Å². The van der Waals surface area contributed by atoms with Crippen molar-refractivity contribution in [1.29, 1.82) is 0 Å². The van der Waals surface area contributed by atoms with E-state index in [1.807, 2.05) is 30.3 Å². The minimum atomic E-state index is -2.40. The van der Waals surface area contributed by atoms with Crippen LogP contribution in [0, 0.1) is 5.92 Å². The maximum Gasteiger partial charge on any atom is 0.115 e. The Morgan fingerprint density at radius 2 is 1.88 bits per heavy atom. The highest BCUT2D eigenvalue weighted by Crippen LogP contribution is 2.43. The first kappa shape index (κ1) is 12.9. The number of aliphatic hydroxyl groups is 1. The Balaban J connectivity index is 2.04. The van der Waals surface area contributed by atoms with Crippen LogP contribution in [-0.4, -0.2) is 24.0 Å². The summed E-state index contributed by atoms with van der Waals surface area (Å²) >= 11 is 0. The van der Waals surface area contributed by atoms with E-state index < -0.39 is 13.2 Å². The molecule has 0 bridgehead atoms. The van der Waals surface area contributed by atoms with Crippen LogP contribution >= 0.6 is 7.14 Å². The van der Waals surface area contributed by atoms with Crippen molar-refractivity contribution in [1.82, 2.24) is 0 Å². The summed E-state index contributed by atoms with van der Waals surface area (Å²) in [6, 6.07) is 9.56. The van der Waals surface area contributed by atoms with Gasteiger partial charge in [0.1, 0.15) is 7.14 Å². The molecule has 1 aliphatic rings. The topological polar surface area (TPSA) is 37.3 Å². The average molecular weight is 252 g/mol. The zero-order chi connectivity index (χ0) is 12.3. The Morgan fingerprint density at radius 3 is 2.47 bits per heavy atom. The van der Waals surface area contributed by atoms with Crippen molar-refractivity contribution in [2.75, 3.05) is 12.8 Å². The second-order valence-corrected chi connectivity index (χ2v) is 8.31. The van der Waals surface area contributed by atoms with E-state index in [-0.39, 0.29) is 0 Å². The van der Waals surface area contributed by atoms with E-state index >= 15 is 0 Å². The minimum Gasteiger partial charge on any atom is -0.392 e. The molecule has 0 radical (unpaired) electrons. The second kappa shape index (κ2) is 5.37. The van der Waals surface area contributed by atoms with Crippen LogP contribution in [0.4, 0.5) is 0 Å². The number of aliphatic hydroxyl groups excluding tert-OH is 1. The van der Waals surface area contributed by atoms with E-state index in [0.29, 0.717) is 12.1 Å². The van der Waals surface area contributed by atoms with Gasteiger partial charge in [-0.3, -0.25) is 0 Å². The van der Waals surface area contributed by atoms with Gasteiger partial charge in [-0.05, 0) is 25.4 Å². The van der Waals surface area contributed by atoms with Crippen LogP contribution in [0.3, 0.4) is 0 Å². The van der Waals surface area contributed by atoms with E-state index in [1.165, 1.54) is 12.8 Å². The van der Waals surface area contributed by atoms with Gasteiger partial charge in [-0.2, -0.15) is 0 Å². The van der Waals surface area contributed by atoms with Crippen molar-refractivity contribution in [3.05, 3.63) is 30.3 Å². The van der Waals surface area contributed by atoms with Gasteiger partial charge in [0.2, 0.25) is 0 Å². The van der Waals surface area contributed by atoms with Gasteiger partial charge in [-0.1, -0.05) is 43.2 Å². The van der Waals surface area contributed by atoms with Crippen LogP contribution in [0.15, 0.2) is 30.3 Å². The van der Waals surface area contributed by atoms with Gasteiger partial charge in [-0.25, -0.2) is 0 Å². The lowest BCUT2D eigenvalue weighted by atomic mass is 10.0. The summed E-state index contributed by atoms with van der Waals surface area (Å²) < 4.78 is 12.6. The van der Waals surface area contributed by atoms with Gasteiger partial charge < -0.3 is 9.67 Å².